The van der Waals surface area contributed by atoms with Crippen molar-refractivity contribution in [2.75, 3.05) is 20.3 Å². The molecule has 0 aliphatic rings. The Bertz CT molecular complexity index is 566. The second kappa shape index (κ2) is 6.75. The Labute approximate surface area is 120 Å². The first-order valence-electron chi connectivity index (χ1n) is 5.61. The fraction of sp³-hybridized carbons (Fsp3) is 0.333. The molecule has 0 saturated carbocycles. The number of ether oxygens (including phenoxy) is 2. The molecule has 0 aliphatic carbocycles. The highest BCUT2D eigenvalue weighted by Crippen LogP contribution is 2.33. The first kappa shape index (κ1) is 14.1. The van der Waals surface area contributed by atoms with Crippen molar-refractivity contribution in [2.45, 2.75) is 6.42 Å². The van der Waals surface area contributed by atoms with E-state index in [1.165, 1.54) is 6.33 Å². The van der Waals surface area contributed by atoms with Gasteiger partial charge in [-0.1, -0.05) is 11.6 Å². The minimum Gasteiger partial charge on any atom is -0.493 e. The third-order valence-corrected chi connectivity index (χ3v) is 2.95. The zero-order valence-electron chi connectivity index (χ0n) is 10.2. The van der Waals surface area contributed by atoms with Crippen LogP contribution in [0.4, 0.5) is 0 Å². The first-order valence-corrected chi connectivity index (χ1v) is 6.29. The van der Waals surface area contributed by atoms with Crippen LogP contribution in [0.25, 0.3) is 10.9 Å². The molecule has 0 amide bonds. The minimum atomic E-state index is 0.380. The molecule has 19 heavy (non-hydrogen) atoms. The van der Waals surface area contributed by atoms with Crippen LogP contribution in [0.2, 0.25) is 5.15 Å². The molecule has 0 fully saturated rings. The van der Waals surface area contributed by atoms with Gasteiger partial charge in [-0.05, 0) is 6.07 Å². The van der Waals surface area contributed by atoms with Crippen LogP contribution in [0.1, 0.15) is 6.42 Å². The first-order chi connectivity index (χ1) is 9.26. The van der Waals surface area contributed by atoms with Gasteiger partial charge < -0.3 is 9.47 Å². The minimum absolute atomic E-state index is 0.380. The van der Waals surface area contributed by atoms with Crippen LogP contribution >= 0.6 is 23.5 Å². The summed E-state index contributed by atoms with van der Waals surface area (Å²) in [6.45, 7) is 0.888. The molecule has 0 saturated heterocycles. The smallest absolute Gasteiger partial charge is 0.163 e. The molecule has 7 heteroatoms. The predicted octanol–water partition coefficient (Wildman–Crippen LogP) is 3.23. The summed E-state index contributed by atoms with van der Waals surface area (Å²) in [6.07, 6.45) is 2.08. The topological polar surface area (TPSA) is 53.5 Å². The third kappa shape index (κ3) is 3.37. The molecular weight excluding hydrogens is 291 g/mol. The van der Waals surface area contributed by atoms with Gasteiger partial charge in [0.25, 0.3) is 0 Å². The van der Waals surface area contributed by atoms with Gasteiger partial charge in [0.05, 0.1) is 37.7 Å². The fourth-order valence-electron chi connectivity index (χ4n) is 1.60. The Morgan fingerprint density at radius 1 is 1.16 bits per heavy atom. The lowest BCUT2D eigenvalue weighted by molar-refractivity contribution is 0.250. The van der Waals surface area contributed by atoms with Crippen molar-refractivity contribution in [1.29, 1.82) is 0 Å². The molecule has 0 bridgehead atoms. The summed E-state index contributed by atoms with van der Waals surface area (Å²) in [5.74, 6) is 1.18. The second-order valence-corrected chi connectivity index (χ2v) is 4.28. The summed E-state index contributed by atoms with van der Waals surface area (Å²) in [5.41, 5.74) is 0.699. The molecule has 2 aromatic rings. The Hall–Kier alpha value is -1.30. The lowest BCUT2D eigenvalue weighted by Gasteiger charge is -2.11. The molecule has 0 spiro atoms. The van der Waals surface area contributed by atoms with Crippen molar-refractivity contribution in [3.05, 3.63) is 23.6 Å². The van der Waals surface area contributed by atoms with Crippen molar-refractivity contribution in [3.8, 4) is 11.5 Å². The van der Waals surface area contributed by atoms with E-state index in [-0.39, 0.29) is 0 Å². The molecule has 2 rings (SSSR count). The van der Waals surface area contributed by atoms with E-state index in [1.807, 2.05) is 0 Å². The molecule has 5 nitrogen and oxygen atoms in total. The van der Waals surface area contributed by atoms with Gasteiger partial charge in [-0.15, -0.1) is 0 Å². The molecule has 0 radical (unpaired) electrons. The number of nitrogens with zero attached hydrogens (tertiary/aromatic N) is 2. The Balaban J connectivity index is 2.27. The number of fused-ring (bicyclic) bond motifs is 1. The summed E-state index contributed by atoms with van der Waals surface area (Å²) < 4.78 is 15.3. The lowest BCUT2D eigenvalue weighted by Crippen LogP contribution is -2.02. The van der Waals surface area contributed by atoms with E-state index in [0.29, 0.717) is 41.8 Å². The van der Waals surface area contributed by atoms with E-state index in [0.717, 1.165) is 5.39 Å². The summed E-state index contributed by atoms with van der Waals surface area (Å²) in [7, 11) is 1.56. The maximum atomic E-state index is 6.01. The molecule has 0 unspecified atom stereocenters. The Morgan fingerprint density at radius 3 is 2.74 bits per heavy atom. The van der Waals surface area contributed by atoms with E-state index in [1.54, 1.807) is 19.2 Å². The van der Waals surface area contributed by atoms with Crippen LogP contribution in [0.3, 0.4) is 0 Å². The number of hydrogen-bond acceptors (Lipinski definition) is 5. The van der Waals surface area contributed by atoms with Gasteiger partial charge in [-0.25, -0.2) is 9.97 Å². The summed E-state index contributed by atoms with van der Waals surface area (Å²) in [5, 5.41) is 1.10. The molecule has 0 aliphatic heterocycles. The normalized spacial score (nSPS) is 10.7. The quantitative estimate of drug-likeness (QED) is 0.606. The molecule has 1 heterocycles. The van der Waals surface area contributed by atoms with E-state index < -0.39 is 0 Å². The van der Waals surface area contributed by atoms with Gasteiger partial charge in [0.15, 0.2) is 11.5 Å². The molecule has 0 atom stereocenters. The Kier molecular flexibility index (Phi) is 5.01. The number of methoxy groups -OCH3 is 1. The monoisotopic (exact) mass is 302 g/mol. The second-order valence-electron chi connectivity index (χ2n) is 3.70. The average Bonchev–Trinajstić information content (AvgIpc) is 2.43. The van der Waals surface area contributed by atoms with Gasteiger partial charge in [-0.3, -0.25) is 4.29 Å². The zero-order chi connectivity index (χ0) is 13.7. The van der Waals surface area contributed by atoms with E-state index in [2.05, 4.69) is 14.3 Å². The largest absolute Gasteiger partial charge is 0.493 e. The summed E-state index contributed by atoms with van der Waals surface area (Å²) >= 11 is 11.1. The molecule has 0 N–H and O–H groups in total. The van der Waals surface area contributed by atoms with Gasteiger partial charge in [-0.2, -0.15) is 0 Å². The third-order valence-electron chi connectivity index (χ3n) is 2.50. The SMILES string of the molecule is COc1cc2c(Cl)ncnc2cc1OCCCOCl. The molecular formula is C12H12Cl2N2O3. The van der Waals surface area contributed by atoms with Crippen LogP contribution in [-0.2, 0) is 4.29 Å². The van der Waals surface area contributed by atoms with Crippen LogP contribution in [0.15, 0.2) is 18.5 Å². The summed E-state index contributed by atoms with van der Waals surface area (Å²) in [4.78, 5) is 8.07. The van der Waals surface area contributed by atoms with Crippen LogP contribution in [0, 0.1) is 0 Å². The van der Waals surface area contributed by atoms with E-state index in [9.17, 15) is 0 Å². The summed E-state index contributed by atoms with van der Waals surface area (Å²) in [6, 6.07) is 3.52. The van der Waals surface area contributed by atoms with Crippen LogP contribution < -0.4 is 9.47 Å². The number of halogens is 2. The number of rotatable bonds is 6. The number of hydrogen-bond donors (Lipinski definition) is 0. The van der Waals surface area contributed by atoms with Gasteiger partial charge in [0, 0.05) is 17.9 Å². The van der Waals surface area contributed by atoms with Crippen LogP contribution in [-0.4, -0.2) is 30.3 Å². The van der Waals surface area contributed by atoms with Crippen molar-refractivity contribution in [1.82, 2.24) is 9.97 Å². The lowest BCUT2D eigenvalue weighted by atomic mass is 10.2. The molecule has 1 aromatic carbocycles. The maximum absolute atomic E-state index is 6.01. The average molecular weight is 303 g/mol. The predicted molar refractivity (Wildman–Crippen MR) is 73.0 cm³/mol. The van der Waals surface area contributed by atoms with Crippen LogP contribution in [0.5, 0.6) is 11.5 Å². The highest BCUT2D eigenvalue weighted by molar-refractivity contribution is 6.34. The Morgan fingerprint density at radius 2 is 2.00 bits per heavy atom. The standard InChI is InChI=1S/C12H12Cl2N2O3/c1-17-10-5-8-9(15-7-16-12(8)13)6-11(10)18-3-2-4-19-14/h5-7H,2-4H2,1H3. The van der Waals surface area contributed by atoms with E-state index >= 15 is 0 Å². The highest BCUT2D eigenvalue weighted by Gasteiger charge is 2.10. The zero-order valence-corrected chi connectivity index (χ0v) is 11.7. The van der Waals surface area contributed by atoms with Crippen molar-refractivity contribution >= 4 is 34.4 Å². The van der Waals surface area contributed by atoms with Gasteiger partial charge >= 0.3 is 0 Å². The number of benzene rings is 1. The number of aromatic nitrogens is 2. The van der Waals surface area contributed by atoms with Crippen molar-refractivity contribution in [3.63, 3.8) is 0 Å². The maximum Gasteiger partial charge on any atom is 0.163 e. The highest BCUT2D eigenvalue weighted by atomic mass is 35.5. The van der Waals surface area contributed by atoms with Crippen molar-refractivity contribution in [2.24, 2.45) is 0 Å². The molecule has 102 valence electrons. The fourth-order valence-corrected chi connectivity index (χ4v) is 1.90. The van der Waals surface area contributed by atoms with Gasteiger partial charge in [0.2, 0.25) is 0 Å². The molecule has 1 aromatic heterocycles. The van der Waals surface area contributed by atoms with Gasteiger partial charge in [0.1, 0.15) is 11.5 Å². The van der Waals surface area contributed by atoms with E-state index in [4.69, 9.17) is 32.9 Å². The van der Waals surface area contributed by atoms with Crippen molar-refractivity contribution < 1.29 is 13.8 Å².